The van der Waals surface area contributed by atoms with E-state index in [4.69, 9.17) is 4.74 Å². The second kappa shape index (κ2) is 14.0. The van der Waals surface area contributed by atoms with E-state index >= 15 is 0 Å². The van der Waals surface area contributed by atoms with Crippen LogP contribution in [-0.4, -0.2) is 66.5 Å². The zero-order chi connectivity index (χ0) is 32.8. The minimum Gasteiger partial charge on any atom is -0.467 e. The summed E-state index contributed by atoms with van der Waals surface area (Å²) in [6, 6.07) is 4.15. The molecule has 0 bridgehead atoms. The van der Waals surface area contributed by atoms with Crippen LogP contribution in [0.15, 0.2) is 49.2 Å². The molecule has 2 N–H and O–H groups in total. The zero-order valence-corrected chi connectivity index (χ0v) is 24.9. The summed E-state index contributed by atoms with van der Waals surface area (Å²) in [5, 5.41) is 9.54. The van der Waals surface area contributed by atoms with Crippen molar-refractivity contribution in [3.8, 4) is 28.5 Å². The van der Waals surface area contributed by atoms with Crippen LogP contribution < -0.4 is 20.3 Å². The molecule has 0 atom stereocenters. The van der Waals surface area contributed by atoms with Crippen LogP contribution in [0.5, 0.6) is 6.01 Å². The van der Waals surface area contributed by atoms with Gasteiger partial charge in [0.2, 0.25) is 5.95 Å². The summed E-state index contributed by atoms with van der Waals surface area (Å²) in [6.45, 7) is -0.584. The fourth-order valence-corrected chi connectivity index (χ4v) is 5.13. The SMILES string of the molecule is CCCNC(=O)N(c1ccc(-c2cnc(OC)nc2)cn1)[C@H]1CC[C@H](Nc2ncc(C(F)(F)F)c(-c3ccn(C(F)F)n3)n2)CC1. The van der Waals surface area contributed by atoms with Crippen molar-refractivity contribution in [2.75, 3.05) is 23.9 Å². The number of urea groups is 1. The molecule has 244 valence electrons. The number of pyridine rings is 1. The summed E-state index contributed by atoms with van der Waals surface area (Å²) in [6.07, 6.45) is 4.49. The average Bonchev–Trinajstić information content (AvgIpc) is 3.56. The number of rotatable bonds is 10. The monoisotopic (exact) mass is 646 g/mol. The summed E-state index contributed by atoms with van der Waals surface area (Å²) < 4.78 is 72.4. The third kappa shape index (κ3) is 7.46. The molecular weight excluding hydrogens is 615 g/mol. The fourth-order valence-electron chi connectivity index (χ4n) is 5.13. The van der Waals surface area contributed by atoms with Crippen molar-refractivity contribution in [1.82, 2.24) is 40.0 Å². The maximum Gasteiger partial charge on any atom is 0.420 e. The molecule has 46 heavy (non-hydrogen) atoms. The van der Waals surface area contributed by atoms with Gasteiger partial charge in [0, 0.05) is 60.7 Å². The number of carbonyl (C=O) groups excluding carboxylic acids is 1. The van der Waals surface area contributed by atoms with Crippen LogP contribution in [0.1, 0.15) is 51.1 Å². The van der Waals surface area contributed by atoms with Crippen LogP contribution in [0.4, 0.5) is 38.5 Å². The molecule has 17 heteroatoms. The molecule has 0 aromatic carbocycles. The first kappa shape index (κ1) is 32.4. The highest BCUT2D eigenvalue weighted by Crippen LogP contribution is 2.36. The van der Waals surface area contributed by atoms with Gasteiger partial charge in [-0.15, -0.1) is 0 Å². The van der Waals surface area contributed by atoms with Gasteiger partial charge in [-0.05, 0) is 50.3 Å². The Balaban J connectivity index is 1.30. The van der Waals surface area contributed by atoms with Gasteiger partial charge in [0.25, 0.3) is 0 Å². The Bertz CT molecular complexity index is 1610. The lowest BCUT2D eigenvalue weighted by Gasteiger charge is -2.36. The van der Waals surface area contributed by atoms with Crippen molar-refractivity contribution in [2.24, 2.45) is 0 Å². The standard InChI is InChI=1S/C29H31F5N10O2/c1-3-11-35-28(45)44(23-9-4-17(13-36-23)18-14-38-27(46-2)39-15-18)20-7-5-19(6-8-20)40-26-37-16-21(29(32,33)34)24(41-26)22-10-12-43(42-22)25(30)31/h4,9-10,12-16,19-20,25H,3,5-8,11H2,1-2H3,(H,35,45)(H,37,40,41)/t19-,20-. The van der Waals surface area contributed by atoms with Gasteiger partial charge >= 0.3 is 24.8 Å². The van der Waals surface area contributed by atoms with Crippen molar-refractivity contribution in [3.63, 3.8) is 0 Å². The number of methoxy groups -OCH3 is 1. The van der Waals surface area contributed by atoms with E-state index in [9.17, 15) is 26.7 Å². The topological polar surface area (TPSA) is 136 Å². The third-order valence-corrected chi connectivity index (χ3v) is 7.42. The van der Waals surface area contributed by atoms with E-state index in [1.54, 1.807) is 29.6 Å². The molecule has 0 aliphatic heterocycles. The number of halogens is 5. The molecule has 1 saturated carbocycles. The Hall–Kier alpha value is -4.96. The molecule has 1 aliphatic rings. The number of ether oxygens (including phenoxy) is 1. The first-order chi connectivity index (χ1) is 22.1. The Morgan fingerprint density at radius 1 is 1.02 bits per heavy atom. The molecule has 0 spiro atoms. The predicted octanol–water partition coefficient (Wildman–Crippen LogP) is 5.96. The van der Waals surface area contributed by atoms with Crippen LogP contribution >= 0.6 is 0 Å². The van der Waals surface area contributed by atoms with Gasteiger partial charge in [-0.2, -0.15) is 27.1 Å². The van der Waals surface area contributed by atoms with Crippen LogP contribution in [0, 0.1) is 0 Å². The fraction of sp³-hybridized carbons (Fsp3) is 0.414. The molecular formula is C29H31F5N10O2. The summed E-state index contributed by atoms with van der Waals surface area (Å²) in [7, 11) is 1.48. The second-order valence-electron chi connectivity index (χ2n) is 10.5. The number of alkyl halides is 5. The minimum absolute atomic E-state index is 0.0876. The first-order valence-electron chi connectivity index (χ1n) is 14.5. The molecule has 1 fully saturated rings. The zero-order valence-electron chi connectivity index (χ0n) is 24.9. The summed E-state index contributed by atoms with van der Waals surface area (Å²) >= 11 is 0. The molecule has 1 aliphatic carbocycles. The van der Waals surface area contributed by atoms with Gasteiger partial charge < -0.3 is 15.4 Å². The Morgan fingerprint density at radius 3 is 2.33 bits per heavy atom. The van der Waals surface area contributed by atoms with Crippen LogP contribution in [0.2, 0.25) is 0 Å². The van der Waals surface area contributed by atoms with Gasteiger partial charge in [0.15, 0.2) is 0 Å². The molecule has 0 unspecified atom stereocenters. The van der Waals surface area contributed by atoms with Gasteiger partial charge in [0.05, 0.1) is 7.11 Å². The molecule has 2 amide bonds. The Labute approximate surface area is 260 Å². The molecule has 5 rings (SSSR count). The number of aromatic nitrogens is 7. The highest BCUT2D eigenvalue weighted by atomic mass is 19.4. The lowest BCUT2D eigenvalue weighted by molar-refractivity contribution is -0.137. The average molecular weight is 647 g/mol. The minimum atomic E-state index is -4.82. The van der Waals surface area contributed by atoms with Crippen molar-refractivity contribution in [1.29, 1.82) is 0 Å². The van der Waals surface area contributed by atoms with E-state index in [-0.39, 0.29) is 40.4 Å². The summed E-state index contributed by atoms with van der Waals surface area (Å²) in [4.78, 5) is 35.6. The van der Waals surface area contributed by atoms with Gasteiger partial charge in [0.1, 0.15) is 22.8 Å². The van der Waals surface area contributed by atoms with Gasteiger partial charge in [-0.25, -0.2) is 34.4 Å². The second-order valence-corrected chi connectivity index (χ2v) is 10.5. The molecule has 4 aromatic heterocycles. The maximum atomic E-state index is 13.7. The molecule has 4 heterocycles. The smallest absolute Gasteiger partial charge is 0.420 e. The number of nitrogens with zero attached hydrogens (tertiary/aromatic N) is 8. The Morgan fingerprint density at radius 2 is 1.74 bits per heavy atom. The Kier molecular flexibility index (Phi) is 9.87. The quantitative estimate of drug-likeness (QED) is 0.200. The summed E-state index contributed by atoms with van der Waals surface area (Å²) in [5.41, 5.74) is -0.663. The number of nitrogens with one attached hydrogen (secondary N) is 2. The molecule has 0 saturated heterocycles. The number of hydrogen-bond acceptors (Lipinski definition) is 9. The summed E-state index contributed by atoms with van der Waals surface area (Å²) in [5.74, 6) is 0.373. The van der Waals surface area contributed by atoms with E-state index in [1.165, 1.54) is 7.11 Å². The van der Waals surface area contributed by atoms with E-state index in [2.05, 4.69) is 40.7 Å². The maximum absolute atomic E-state index is 13.7. The normalized spacial score (nSPS) is 16.7. The predicted molar refractivity (Wildman–Crippen MR) is 157 cm³/mol. The number of anilines is 2. The van der Waals surface area contributed by atoms with E-state index in [0.717, 1.165) is 29.8 Å². The number of carbonyl (C=O) groups is 1. The van der Waals surface area contributed by atoms with Crippen molar-refractivity contribution in [2.45, 2.75) is 63.8 Å². The largest absolute Gasteiger partial charge is 0.467 e. The van der Waals surface area contributed by atoms with Crippen molar-refractivity contribution in [3.05, 3.63) is 54.7 Å². The molecule has 0 radical (unpaired) electrons. The van der Waals surface area contributed by atoms with E-state index in [1.807, 2.05) is 13.0 Å². The van der Waals surface area contributed by atoms with Gasteiger partial charge in [-0.1, -0.05) is 6.92 Å². The lowest BCUT2D eigenvalue weighted by atomic mass is 9.90. The molecule has 4 aromatic rings. The van der Waals surface area contributed by atoms with Crippen molar-refractivity contribution >= 4 is 17.8 Å². The highest BCUT2D eigenvalue weighted by molar-refractivity contribution is 5.91. The first-order valence-corrected chi connectivity index (χ1v) is 14.5. The van der Waals surface area contributed by atoms with Crippen LogP contribution in [-0.2, 0) is 6.18 Å². The van der Waals surface area contributed by atoms with Crippen LogP contribution in [0.25, 0.3) is 22.5 Å². The van der Waals surface area contributed by atoms with Gasteiger partial charge in [-0.3, -0.25) is 4.90 Å². The van der Waals surface area contributed by atoms with Crippen LogP contribution in [0.3, 0.4) is 0 Å². The van der Waals surface area contributed by atoms with E-state index in [0.29, 0.717) is 44.2 Å². The number of amides is 2. The number of hydrogen-bond donors (Lipinski definition) is 2. The molecule has 12 nitrogen and oxygen atoms in total. The highest BCUT2D eigenvalue weighted by Gasteiger charge is 2.37. The lowest BCUT2D eigenvalue weighted by Crippen LogP contribution is -2.49. The third-order valence-electron chi connectivity index (χ3n) is 7.42. The van der Waals surface area contributed by atoms with Crippen molar-refractivity contribution < 1.29 is 31.5 Å². The van der Waals surface area contributed by atoms with E-state index < -0.39 is 24.0 Å².